The van der Waals surface area contributed by atoms with E-state index in [0.717, 1.165) is 11.4 Å². The zero-order valence-corrected chi connectivity index (χ0v) is 11.7. The first kappa shape index (κ1) is 13.6. The number of nitrogens with zero attached hydrogens (tertiary/aromatic N) is 2. The Bertz CT molecular complexity index is 466. The summed E-state index contributed by atoms with van der Waals surface area (Å²) in [6, 6.07) is 9.88. The van der Waals surface area contributed by atoms with E-state index in [-0.39, 0.29) is 24.0 Å². The van der Waals surface area contributed by atoms with Crippen molar-refractivity contribution in [2.45, 2.75) is 0 Å². The van der Waals surface area contributed by atoms with E-state index < -0.39 is 0 Å². The molecule has 2 rings (SSSR count). The van der Waals surface area contributed by atoms with Gasteiger partial charge in [0.25, 0.3) is 0 Å². The quantitative estimate of drug-likeness (QED) is 0.574. The molecule has 2 heterocycles. The van der Waals surface area contributed by atoms with Gasteiger partial charge in [-0.1, -0.05) is 6.07 Å². The predicted octanol–water partition coefficient (Wildman–Crippen LogP) is -1.01. The third-order valence-corrected chi connectivity index (χ3v) is 2.18. The number of anilines is 1. The van der Waals surface area contributed by atoms with E-state index in [1.165, 1.54) is 0 Å². The van der Waals surface area contributed by atoms with Crippen LogP contribution in [-0.4, -0.2) is 4.98 Å². The summed E-state index contributed by atoms with van der Waals surface area (Å²) in [4.78, 5) is 4.16. The molecule has 0 bridgehead atoms. The Morgan fingerprint density at radius 2 is 1.94 bits per heavy atom. The Hall–Kier alpha value is -1.43. The zero-order valence-electron chi connectivity index (χ0n) is 9.55. The molecule has 0 fully saturated rings. The first-order chi connectivity index (χ1) is 7.84. The van der Waals surface area contributed by atoms with Crippen LogP contribution in [0.1, 0.15) is 5.56 Å². The molecule has 88 valence electrons. The fraction of sp³-hybridized carbons (Fsp3) is 0.0769. The molecule has 0 atom stereocenters. The third kappa shape index (κ3) is 4.52. The van der Waals surface area contributed by atoms with Crippen molar-refractivity contribution in [3.63, 3.8) is 0 Å². The first-order valence-corrected chi connectivity index (χ1v) is 5.14. The second kappa shape index (κ2) is 7.01. The number of nitrogens with one attached hydrogen (secondary N) is 1. The molecule has 1 N–H and O–H groups in total. The van der Waals surface area contributed by atoms with Crippen LogP contribution in [0.25, 0.3) is 6.08 Å². The van der Waals surface area contributed by atoms with E-state index in [4.69, 9.17) is 0 Å². The molecule has 2 aromatic heterocycles. The third-order valence-electron chi connectivity index (χ3n) is 2.18. The minimum Gasteiger partial charge on any atom is -1.00 e. The Labute approximate surface area is 118 Å². The van der Waals surface area contributed by atoms with E-state index in [0.29, 0.717) is 0 Å². The van der Waals surface area contributed by atoms with Gasteiger partial charge in [0.15, 0.2) is 12.4 Å². The van der Waals surface area contributed by atoms with Crippen molar-refractivity contribution in [1.82, 2.24) is 4.98 Å². The lowest BCUT2D eigenvalue weighted by molar-refractivity contribution is -0.671. The van der Waals surface area contributed by atoms with Crippen molar-refractivity contribution in [2.24, 2.45) is 7.05 Å². The highest BCUT2D eigenvalue weighted by Crippen LogP contribution is 2.02. The molecule has 0 aromatic carbocycles. The molecule has 0 saturated carbocycles. The molecule has 2 aromatic rings. The monoisotopic (exact) mass is 339 g/mol. The minimum atomic E-state index is 0. The van der Waals surface area contributed by atoms with Gasteiger partial charge in [0.2, 0.25) is 0 Å². The molecule has 4 heteroatoms. The fourth-order valence-corrected chi connectivity index (χ4v) is 1.30. The number of hydrogen-bond acceptors (Lipinski definition) is 2. The summed E-state index contributed by atoms with van der Waals surface area (Å²) >= 11 is 0. The Morgan fingerprint density at radius 3 is 2.59 bits per heavy atom. The summed E-state index contributed by atoms with van der Waals surface area (Å²) in [5.41, 5.74) is 1.15. The summed E-state index contributed by atoms with van der Waals surface area (Å²) in [5, 5.41) is 3.11. The average molecular weight is 339 g/mol. The van der Waals surface area contributed by atoms with E-state index in [1.807, 2.05) is 54.5 Å². The molecule has 0 spiro atoms. The maximum atomic E-state index is 4.16. The van der Waals surface area contributed by atoms with Crippen LogP contribution < -0.4 is 33.9 Å². The standard InChI is InChI=1S/C13H13N3.HI/c1-16-10-6-12(7-11-16)5-9-15-13-4-2-3-8-14-13;/h2-11H,1H3;1H. The lowest BCUT2D eigenvalue weighted by Gasteiger charge is -1.97. The fourth-order valence-electron chi connectivity index (χ4n) is 1.30. The molecule has 0 saturated heterocycles. The lowest BCUT2D eigenvalue weighted by atomic mass is 10.2. The zero-order chi connectivity index (χ0) is 11.2. The summed E-state index contributed by atoms with van der Waals surface area (Å²) in [7, 11) is 2.00. The molecule has 17 heavy (non-hydrogen) atoms. The van der Waals surface area contributed by atoms with Crippen molar-refractivity contribution in [1.29, 1.82) is 0 Å². The van der Waals surface area contributed by atoms with Crippen LogP contribution in [0.15, 0.2) is 55.1 Å². The summed E-state index contributed by atoms with van der Waals surface area (Å²) < 4.78 is 2.00. The maximum Gasteiger partial charge on any atom is 0.169 e. The van der Waals surface area contributed by atoms with Crippen molar-refractivity contribution < 1.29 is 28.5 Å². The van der Waals surface area contributed by atoms with Crippen LogP contribution in [0, 0.1) is 0 Å². The van der Waals surface area contributed by atoms with Crippen LogP contribution in [0.5, 0.6) is 0 Å². The van der Waals surface area contributed by atoms with E-state index >= 15 is 0 Å². The second-order valence-corrected chi connectivity index (χ2v) is 3.49. The normalized spacial score (nSPS) is 9.94. The second-order valence-electron chi connectivity index (χ2n) is 3.49. The molecule has 0 radical (unpaired) electrons. The predicted molar refractivity (Wildman–Crippen MR) is 64.5 cm³/mol. The van der Waals surface area contributed by atoms with Gasteiger partial charge in [0, 0.05) is 24.5 Å². The van der Waals surface area contributed by atoms with Gasteiger partial charge < -0.3 is 29.3 Å². The molecule has 3 nitrogen and oxygen atoms in total. The van der Waals surface area contributed by atoms with Crippen molar-refractivity contribution in [3.8, 4) is 0 Å². The molecule has 0 unspecified atom stereocenters. The SMILES string of the molecule is C[n+]1ccc(/C=C\Nc2ccccn2)cc1.[I-]. The highest BCUT2D eigenvalue weighted by Gasteiger charge is 1.91. The van der Waals surface area contributed by atoms with Gasteiger partial charge in [-0.3, -0.25) is 0 Å². The molecular formula is C13H14IN3. The van der Waals surface area contributed by atoms with Gasteiger partial charge in [-0.15, -0.1) is 0 Å². The van der Waals surface area contributed by atoms with Gasteiger partial charge >= 0.3 is 0 Å². The van der Waals surface area contributed by atoms with Crippen LogP contribution in [-0.2, 0) is 7.05 Å². The summed E-state index contributed by atoms with van der Waals surface area (Å²) in [5.74, 6) is 0.847. The minimum absolute atomic E-state index is 0. The molecule has 0 amide bonds. The molecular weight excluding hydrogens is 325 g/mol. The topological polar surface area (TPSA) is 28.8 Å². The van der Waals surface area contributed by atoms with Gasteiger partial charge in [0.1, 0.15) is 12.9 Å². The Balaban J connectivity index is 0.00000144. The van der Waals surface area contributed by atoms with E-state index in [9.17, 15) is 0 Å². The van der Waals surface area contributed by atoms with Crippen LogP contribution >= 0.6 is 0 Å². The van der Waals surface area contributed by atoms with Crippen LogP contribution in [0.3, 0.4) is 0 Å². The largest absolute Gasteiger partial charge is 1.00 e. The van der Waals surface area contributed by atoms with Gasteiger partial charge in [0.05, 0.1) is 0 Å². The number of aromatic nitrogens is 2. The average Bonchev–Trinajstić information content (AvgIpc) is 2.33. The maximum absolute atomic E-state index is 4.16. The van der Waals surface area contributed by atoms with Crippen molar-refractivity contribution in [3.05, 3.63) is 60.7 Å². The first-order valence-electron chi connectivity index (χ1n) is 5.14. The summed E-state index contributed by atoms with van der Waals surface area (Å²) in [6.07, 6.45) is 9.69. The number of pyridine rings is 2. The van der Waals surface area contributed by atoms with E-state index in [2.05, 4.69) is 22.4 Å². The molecule has 0 aliphatic rings. The number of rotatable bonds is 3. The molecule has 0 aliphatic heterocycles. The van der Waals surface area contributed by atoms with Gasteiger partial charge in [-0.05, 0) is 23.8 Å². The van der Waals surface area contributed by atoms with Crippen molar-refractivity contribution in [2.75, 3.05) is 5.32 Å². The Morgan fingerprint density at radius 1 is 1.18 bits per heavy atom. The number of halogens is 1. The van der Waals surface area contributed by atoms with Crippen LogP contribution in [0.2, 0.25) is 0 Å². The highest BCUT2D eigenvalue weighted by atomic mass is 127. The highest BCUT2D eigenvalue weighted by molar-refractivity contribution is 5.51. The number of aryl methyl sites for hydroxylation is 1. The lowest BCUT2D eigenvalue weighted by Crippen LogP contribution is -3.00. The summed E-state index contributed by atoms with van der Waals surface area (Å²) in [6.45, 7) is 0. The smallest absolute Gasteiger partial charge is 0.169 e. The van der Waals surface area contributed by atoms with Crippen molar-refractivity contribution >= 4 is 11.9 Å². The number of hydrogen-bond donors (Lipinski definition) is 1. The molecule has 0 aliphatic carbocycles. The van der Waals surface area contributed by atoms with E-state index in [1.54, 1.807) is 6.20 Å². The van der Waals surface area contributed by atoms with Gasteiger partial charge in [-0.25, -0.2) is 9.55 Å². The Kier molecular flexibility index (Phi) is 5.62. The van der Waals surface area contributed by atoms with Gasteiger partial charge in [-0.2, -0.15) is 0 Å². The van der Waals surface area contributed by atoms with Crippen LogP contribution in [0.4, 0.5) is 5.82 Å².